The van der Waals surface area contributed by atoms with Crippen LogP contribution in [0.1, 0.15) is 39.4 Å². The molecule has 110 valence electrons. The van der Waals surface area contributed by atoms with Crippen molar-refractivity contribution in [1.82, 2.24) is 10.3 Å². The lowest BCUT2D eigenvalue weighted by molar-refractivity contribution is 0.0972. The third-order valence-corrected chi connectivity index (χ3v) is 3.90. The van der Waals surface area contributed by atoms with Gasteiger partial charge in [-0.3, -0.25) is 14.6 Å². The number of hydrogen-bond acceptors (Lipinski definition) is 4. The maximum Gasteiger partial charge on any atom is 0.228 e. The van der Waals surface area contributed by atoms with E-state index in [1.54, 1.807) is 18.2 Å². The Kier molecular flexibility index (Phi) is 3.77. The van der Waals surface area contributed by atoms with Gasteiger partial charge in [-0.05, 0) is 30.7 Å². The molecule has 1 heterocycles. The lowest BCUT2D eigenvalue weighted by atomic mass is 9.96. The summed E-state index contributed by atoms with van der Waals surface area (Å²) in [4.78, 5) is 28.5. The number of nitrogens with one attached hydrogen (secondary N) is 1. The first-order chi connectivity index (χ1) is 10.6. The average molecular weight is 313 g/mol. The largest absolute Gasteiger partial charge is 0.375 e. The Morgan fingerprint density at radius 3 is 2.68 bits per heavy atom. The number of carbonyl (C=O) groups excluding carboxylic acids is 2. The van der Waals surface area contributed by atoms with Gasteiger partial charge in [0.25, 0.3) is 0 Å². The lowest BCUT2D eigenvalue weighted by Crippen LogP contribution is -2.29. The van der Waals surface area contributed by atoms with Crippen LogP contribution in [0.15, 0.2) is 54.4 Å². The van der Waals surface area contributed by atoms with Crippen LogP contribution in [-0.4, -0.2) is 16.6 Å². The van der Waals surface area contributed by atoms with E-state index < -0.39 is 0 Å². The van der Waals surface area contributed by atoms with Crippen molar-refractivity contribution >= 4 is 23.2 Å². The first-order valence-electron chi connectivity index (χ1n) is 6.84. The highest BCUT2D eigenvalue weighted by Gasteiger charge is 2.27. The zero-order valence-corrected chi connectivity index (χ0v) is 12.6. The Bertz CT molecular complexity index is 799. The van der Waals surface area contributed by atoms with Gasteiger partial charge in [-0.15, -0.1) is 0 Å². The van der Waals surface area contributed by atoms with Gasteiger partial charge in [-0.1, -0.05) is 29.8 Å². The average Bonchev–Trinajstić information content (AvgIpc) is 2.52. The molecule has 0 saturated carbocycles. The lowest BCUT2D eigenvalue weighted by Gasteiger charge is -2.21. The van der Waals surface area contributed by atoms with E-state index in [0.717, 1.165) is 5.56 Å². The van der Waals surface area contributed by atoms with E-state index in [9.17, 15) is 9.59 Å². The van der Waals surface area contributed by atoms with Crippen LogP contribution in [0.3, 0.4) is 0 Å². The van der Waals surface area contributed by atoms with Gasteiger partial charge in [0, 0.05) is 17.3 Å². The molecule has 1 atom stereocenters. The van der Waals surface area contributed by atoms with E-state index >= 15 is 0 Å². The molecule has 1 aliphatic rings. The normalized spacial score (nSPS) is 15.1. The van der Waals surface area contributed by atoms with Gasteiger partial charge < -0.3 is 5.32 Å². The fourth-order valence-corrected chi connectivity index (χ4v) is 2.73. The summed E-state index contributed by atoms with van der Waals surface area (Å²) in [6.07, 6.45) is 2.82. The van der Waals surface area contributed by atoms with Gasteiger partial charge in [0.2, 0.25) is 5.78 Å². The number of hydrogen-bond donors (Lipinski definition) is 1. The smallest absolute Gasteiger partial charge is 0.228 e. The van der Waals surface area contributed by atoms with Crippen LogP contribution in [0.2, 0.25) is 5.02 Å². The number of Topliss-reactive ketones (excluding diaryl/α,β-unsaturated/α-hetero) is 1. The molecular formula is C17H13ClN2O2. The Labute approximate surface area is 132 Å². The number of ketones is 2. The molecule has 0 aliphatic heterocycles. The van der Waals surface area contributed by atoms with Crippen LogP contribution >= 0.6 is 11.6 Å². The molecule has 3 rings (SSSR count). The summed E-state index contributed by atoms with van der Waals surface area (Å²) in [5.74, 6) is -0.509. The number of pyridine rings is 1. The molecule has 0 spiro atoms. The topological polar surface area (TPSA) is 59.1 Å². The molecule has 0 fully saturated rings. The number of halogens is 1. The Hall–Kier alpha value is -2.46. The van der Waals surface area contributed by atoms with Crippen molar-refractivity contribution in [2.45, 2.75) is 13.0 Å². The van der Waals surface area contributed by atoms with Crippen molar-refractivity contribution in [3.05, 3.63) is 76.2 Å². The molecule has 1 aromatic carbocycles. The van der Waals surface area contributed by atoms with Crippen LogP contribution in [-0.2, 0) is 0 Å². The van der Waals surface area contributed by atoms with E-state index in [1.165, 1.54) is 12.3 Å². The van der Waals surface area contributed by atoms with Crippen molar-refractivity contribution in [2.75, 3.05) is 0 Å². The van der Waals surface area contributed by atoms with Gasteiger partial charge in [-0.25, -0.2) is 0 Å². The van der Waals surface area contributed by atoms with Gasteiger partial charge in [0.05, 0.1) is 17.3 Å². The molecule has 0 bridgehead atoms. The molecule has 0 amide bonds. The molecule has 1 aromatic heterocycles. The maximum atomic E-state index is 12.4. The highest BCUT2D eigenvalue weighted by Crippen LogP contribution is 2.25. The summed E-state index contributed by atoms with van der Waals surface area (Å²) in [5, 5.41) is 3.67. The van der Waals surface area contributed by atoms with Crippen LogP contribution in [0.4, 0.5) is 0 Å². The van der Waals surface area contributed by atoms with E-state index in [2.05, 4.69) is 10.3 Å². The summed E-state index contributed by atoms with van der Waals surface area (Å²) in [6.45, 7) is 1.88. The fraction of sp³-hybridized carbons (Fsp3) is 0.118. The molecule has 1 N–H and O–H groups in total. The third kappa shape index (κ3) is 2.53. The van der Waals surface area contributed by atoms with Crippen molar-refractivity contribution in [3.8, 4) is 0 Å². The second-order valence-corrected chi connectivity index (χ2v) is 5.45. The molecule has 1 aliphatic carbocycles. The molecular weight excluding hydrogens is 300 g/mol. The minimum Gasteiger partial charge on any atom is -0.375 e. The van der Waals surface area contributed by atoms with Gasteiger partial charge in [-0.2, -0.15) is 0 Å². The minimum absolute atomic E-state index is 0.184. The Morgan fingerprint density at radius 1 is 1.14 bits per heavy atom. The van der Waals surface area contributed by atoms with E-state index in [-0.39, 0.29) is 29.0 Å². The standard InChI is InChI=1S/C17H13ClN2O2/c1-10(11-5-2-3-7-13(11)18)20-14-9-15(21)12-6-4-8-19-16(12)17(14)22/h2-10,20H,1H3. The second-order valence-electron chi connectivity index (χ2n) is 5.04. The summed E-state index contributed by atoms with van der Waals surface area (Å²) >= 11 is 6.16. The van der Waals surface area contributed by atoms with E-state index in [1.807, 2.05) is 25.1 Å². The van der Waals surface area contributed by atoms with Crippen molar-refractivity contribution in [3.63, 3.8) is 0 Å². The zero-order valence-electron chi connectivity index (χ0n) is 11.8. The Balaban J connectivity index is 1.89. The van der Waals surface area contributed by atoms with Crippen LogP contribution in [0.5, 0.6) is 0 Å². The number of nitrogens with zero attached hydrogens (tertiary/aromatic N) is 1. The van der Waals surface area contributed by atoms with Gasteiger partial charge in [0.15, 0.2) is 5.78 Å². The first-order valence-corrected chi connectivity index (χ1v) is 7.22. The van der Waals surface area contributed by atoms with E-state index in [0.29, 0.717) is 10.6 Å². The zero-order chi connectivity index (χ0) is 15.7. The molecule has 1 unspecified atom stereocenters. The summed E-state index contributed by atoms with van der Waals surface area (Å²) in [6, 6.07) is 10.4. The predicted octanol–water partition coefficient (Wildman–Crippen LogP) is 3.35. The predicted molar refractivity (Wildman–Crippen MR) is 84.0 cm³/mol. The van der Waals surface area contributed by atoms with E-state index in [4.69, 9.17) is 11.6 Å². The molecule has 4 nitrogen and oxygen atoms in total. The summed E-state index contributed by atoms with van der Waals surface area (Å²) in [7, 11) is 0. The van der Waals surface area contributed by atoms with Crippen molar-refractivity contribution in [2.24, 2.45) is 0 Å². The van der Waals surface area contributed by atoms with Crippen LogP contribution in [0.25, 0.3) is 0 Å². The summed E-state index contributed by atoms with van der Waals surface area (Å²) in [5.41, 5.74) is 1.62. The first kappa shape index (κ1) is 14.5. The minimum atomic E-state index is -0.283. The van der Waals surface area contributed by atoms with Crippen molar-refractivity contribution < 1.29 is 9.59 Å². The van der Waals surface area contributed by atoms with Gasteiger partial charge >= 0.3 is 0 Å². The quantitative estimate of drug-likeness (QED) is 0.944. The van der Waals surface area contributed by atoms with Crippen LogP contribution < -0.4 is 5.32 Å². The number of allylic oxidation sites excluding steroid dienone is 2. The number of fused-ring (bicyclic) bond motifs is 1. The van der Waals surface area contributed by atoms with Crippen molar-refractivity contribution in [1.29, 1.82) is 0 Å². The SMILES string of the molecule is CC(NC1=CC(=O)c2cccnc2C1=O)c1ccccc1Cl. The number of aromatic nitrogens is 1. The highest BCUT2D eigenvalue weighted by molar-refractivity contribution is 6.31. The second kappa shape index (κ2) is 5.73. The van der Waals surface area contributed by atoms with Gasteiger partial charge in [0.1, 0.15) is 5.69 Å². The number of rotatable bonds is 3. The molecule has 2 aromatic rings. The monoisotopic (exact) mass is 312 g/mol. The number of carbonyl (C=O) groups is 2. The maximum absolute atomic E-state index is 12.4. The Morgan fingerprint density at radius 2 is 1.91 bits per heavy atom. The highest BCUT2D eigenvalue weighted by atomic mass is 35.5. The summed E-state index contributed by atoms with van der Waals surface area (Å²) < 4.78 is 0. The molecule has 5 heteroatoms. The fourth-order valence-electron chi connectivity index (χ4n) is 2.43. The molecule has 0 radical (unpaired) electrons. The third-order valence-electron chi connectivity index (χ3n) is 3.55. The molecule has 0 saturated heterocycles. The molecule has 22 heavy (non-hydrogen) atoms. The number of benzene rings is 1. The van der Waals surface area contributed by atoms with Crippen LogP contribution in [0, 0.1) is 0 Å².